The Labute approximate surface area is 127 Å². The zero-order valence-corrected chi connectivity index (χ0v) is 12.8. The van der Waals surface area contributed by atoms with Gasteiger partial charge in [-0.3, -0.25) is 19.1 Å². The Morgan fingerprint density at radius 1 is 1.32 bits per heavy atom. The van der Waals surface area contributed by atoms with E-state index in [1.165, 1.54) is 16.8 Å². The summed E-state index contributed by atoms with van der Waals surface area (Å²) in [5, 5.41) is 0. The molecule has 0 aliphatic heterocycles. The standard InChI is InChI=1S/C15H19N3O4/c1-10(2)18(8-12-5-4-11(3)22-12)14(20)9-17-7-6-13(19)16-15(17)21/h4-7,10H,8-9H2,1-3H3,(H,16,19,21). The molecule has 2 rings (SSSR count). The van der Waals surface area contributed by atoms with Crippen molar-refractivity contribution < 1.29 is 9.21 Å². The molecule has 0 aliphatic rings. The first-order valence-corrected chi connectivity index (χ1v) is 7.01. The Morgan fingerprint density at radius 3 is 2.59 bits per heavy atom. The highest BCUT2D eigenvalue weighted by molar-refractivity contribution is 5.76. The van der Waals surface area contributed by atoms with Gasteiger partial charge in [0.2, 0.25) is 5.91 Å². The van der Waals surface area contributed by atoms with Crippen molar-refractivity contribution in [3.8, 4) is 0 Å². The molecule has 118 valence electrons. The lowest BCUT2D eigenvalue weighted by atomic mass is 10.2. The van der Waals surface area contributed by atoms with Crippen molar-refractivity contribution in [3.63, 3.8) is 0 Å². The summed E-state index contributed by atoms with van der Waals surface area (Å²) < 4.78 is 6.67. The van der Waals surface area contributed by atoms with E-state index in [2.05, 4.69) is 4.98 Å². The van der Waals surface area contributed by atoms with Crippen LogP contribution < -0.4 is 11.2 Å². The SMILES string of the molecule is Cc1ccc(CN(C(=O)Cn2ccc(=O)[nH]c2=O)C(C)C)o1. The largest absolute Gasteiger partial charge is 0.464 e. The highest BCUT2D eigenvalue weighted by Gasteiger charge is 2.19. The van der Waals surface area contributed by atoms with E-state index >= 15 is 0 Å². The molecule has 1 amide bonds. The average Bonchev–Trinajstić information content (AvgIpc) is 2.84. The minimum Gasteiger partial charge on any atom is -0.464 e. The molecule has 1 N–H and O–H groups in total. The van der Waals surface area contributed by atoms with Crippen molar-refractivity contribution in [2.75, 3.05) is 0 Å². The number of furan rings is 1. The summed E-state index contributed by atoms with van der Waals surface area (Å²) in [5.41, 5.74) is -1.08. The van der Waals surface area contributed by atoms with Gasteiger partial charge >= 0.3 is 5.69 Å². The van der Waals surface area contributed by atoms with Gasteiger partial charge in [-0.05, 0) is 32.9 Å². The summed E-state index contributed by atoms with van der Waals surface area (Å²) in [6.45, 7) is 5.83. The zero-order valence-electron chi connectivity index (χ0n) is 12.8. The lowest BCUT2D eigenvalue weighted by Crippen LogP contribution is -2.41. The first-order chi connectivity index (χ1) is 10.4. The van der Waals surface area contributed by atoms with E-state index in [-0.39, 0.29) is 18.5 Å². The lowest BCUT2D eigenvalue weighted by Gasteiger charge is -2.26. The van der Waals surface area contributed by atoms with E-state index < -0.39 is 11.2 Å². The monoisotopic (exact) mass is 305 g/mol. The van der Waals surface area contributed by atoms with Crippen LogP contribution in [0.4, 0.5) is 0 Å². The van der Waals surface area contributed by atoms with Gasteiger partial charge in [0.05, 0.1) is 6.54 Å². The number of aromatic amines is 1. The Bertz CT molecular complexity index is 769. The predicted octanol–water partition coefficient (Wildman–Crippen LogP) is 0.875. The maximum Gasteiger partial charge on any atom is 0.328 e. The maximum absolute atomic E-state index is 12.4. The molecule has 0 aliphatic carbocycles. The van der Waals surface area contributed by atoms with Gasteiger partial charge in [0.25, 0.3) is 5.56 Å². The summed E-state index contributed by atoms with van der Waals surface area (Å²) in [6, 6.07) is 4.83. The van der Waals surface area contributed by atoms with Crippen LogP contribution in [0.3, 0.4) is 0 Å². The molecule has 0 aromatic carbocycles. The summed E-state index contributed by atoms with van der Waals surface area (Å²) >= 11 is 0. The van der Waals surface area contributed by atoms with Crippen LogP contribution in [0.5, 0.6) is 0 Å². The average molecular weight is 305 g/mol. The van der Waals surface area contributed by atoms with Crippen LogP contribution in [0.15, 0.2) is 38.4 Å². The number of nitrogens with one attached hydrogen (secondary N) is 1. The fourth-order valence-electron chi connectivity index (χ4n) is 2.10. The van der Waals surface area contributed by atoms with Crippen LogP contribution in [-0.2, 0) is 17.9 Å². The first-order valence-electron chi connectivity index (χ1n) is 7.01. The number of rotatable bonds is 5. The van der Waals surface area contributed by atoms with Gasteiger partial charge in [-0.2, -0.15) is 0 Å². The number of amides is 1. The molecule has 2 aromatic heterocycles. The van der Waals surface area contributed by atoms with Crippen molar-refractivity contribution in [1.29, 1.82) is 0 Å². The van der Waals surface area contributed by atoms with Gasteiger partial charge in [0, 0.05) is 18.3 Å². The van der Waals surface area contributed by atoms with Gasteiger partial charge in [-0.25, -0.2) is 4.79 Å². The van der Waals surface area contributed by atoms with Crippen molar-refractivity contribution in [2.45, 2.75) is 39.9 Å². The lowest BCUT2D eigenvalue weighted by molar-refractivity contribution is -0.134. The van der Waals surface area contributed by atoms with Gasteiger partial charge in [0.1, 0.15) is 18.1 Å². The van der Waals surface area contributed by atoms with Gasteiger partial charge in [-0.15, -0.1) is 0 Å². The minimum atomic E-state index is -0.599. The van der Waals surface area contributed by atoms with Crippen LogP contribution in [0.1, 0.15) is 25.4 Å². The molecular formula is C15H19N3O4. The minimum absolute atomic E-state index is 0.0450. The van der Waals surface area contributed by atoms with Crippen molar-refractivity contribution in [1.82, 2.24) is 14.5 Å². The number of carbonyl (C=O) groups excluding carboxylic acids is 1. The quantitative estimate of drug-likeness (QED) is 0.888. The molecule has 2 heterocycles. The van der Waals surface area contributed by atoms with Crippen molar-refractivity contribution >= 4 is 5.91 Å². The van der Waals surface area contributed by atoms with Crippen molar-refractivity contribution in [3.05, 3.63) is 56.8 Å². The molecule has 7 nitrogen and oxygen atoms in total. The molecule has 7 heteroatoms. The molecule has 0 spiro atoms. The van der Waals surface area contributed by atoms with Crippen molar-refractivity contribution in [2.24, 2.45) is 0 Å². The van der Waals surface area contributed by atoms with E-state index in [1.807, 2.05) is 32.9 Å². The maximum atomic E-state index is 12.4. The third-order valence-corrected chi connectivity index (χ3v) is 3.27. The summed E-state index contributed by atoms with van der Waals surface area (Å²) in [5.74, 6) is 1.24. The molecular weight excluding hydrogens is 286 g/mol. The van der Waals surface area contributed by atoms with E-state index in [0.717, 1.165) is 5.76 Å². The van der Waals surface area contributed by atoms with E-state index in [1.54, 1.807) is 4.90 Å². The van der Waals surface area contributed by atoms with Crippen LogP contribution in [0.25, 0.3) is 0 Å². The Balaban J connectivity index is 2.16. The van der Waals surface area contributed by atoms with E-state index in [0.29, 0.717) is 12.3 Å². The number of carbonyl (C=O) groups is 1. The molecule has 0 radical (unpaired) electrons. The first kappa shape index (κ1) is 15.8. The third kappa shape index (κ3) is 3.75. The highest BCUT2D eigenvalue weighted by atomic mass is 16.3. The Hall–Kier alpha value is -2.57. The summed E-state index contributed by atoms with van der Waals surface area (Å²) in [7, 11) is 0. The summed E-state index contributed by atoms with van der Waals surface area (Å²) in [4.78, 5) is 38.9. The summed E-state index contributed by atoms with van der Waals surface area (Å²) in [6.07, 6.45) is 1.31. The second-order valence-corrected chi connectivity index (χ2v) is 5.37. The topological polar surface area (TPSA) is 88.3 Å². The molecule has 0 saturated heterocycles. The number of nitrogens with zero attached hydrogens (tertiary/aromatic N) is 2. The fraction of sp³-hybridized carbons (Fsp3) is 0.400. The Kier molecular flexibility index (Phi) is 4.65. The molecule has 0 atom stereocenters. The number of aromatic nitrogens is 2. The van der Waals surface area contributed by atoms with Gasteiger partial charge in [0.15, 0.2) is 0 Å². The number of aryl methyl sites for hydroxylation is 1. The number of hydrogen-bond donors (Lipinski definition) is 1. The molecule has 0 unspecified atom stereocenters. The zero-order chi connectivity index (χ0) is 16.3. The number of hydrogen-bond acceptors (Lipinski definition) is 4. The molecule has 22 heavy (non-hydrogen) atoms. The van der Waals surface area contributed by atoms with E-state index in [9.17, 15) is 14.4 Å². The molecule has 0 bridgehead atoms. The fourth-order valence-corrected chi connectivity index (χ4v) is 2.10. The molecule has 0 fully saturated rings. The molecule has 2 aromatic rings. The molecule has 0 saturated carbocycles. The van der Waals surface area contributed by atoms with Gasteiger partial charge < -0.3 is 9.32 Å². The third-order valence-electron chi connectivity index (χ3n) is 3.27. The van der Waals surface area contributed by atoms with Crippen LogP contribution in [0.2, 0.25) is 0 Å². The predicted molar refractivity (Wildman–Crippen MR) is 80.5 cm³/mol. The van der Waals surface area contributed by atoms with Crippen LogP contribution in [-0.4, -0.2) is 26.4 Å². The van der Waals surface area contributed by atoms with Crippen LogP contribution >= 0.6 is 0 Å². The smallest absolute Gasteiger partial charge is 0.328 e. The normalized spacial score (nSPS) is 10.9. The second-order valence-electron chi connectivity index (χ2n) is 5.37. The second kappa shape index (κ2) is 6.46. The van der Waals surface area contributed by atoms with Gasteiger partial charge in [-0.1, -0.05) is 0 Å². The van der Waals surface area contributed by atoms with Crippen LogP contribution in [0, 0.1) is 6.92 Å². The highest BCUT2D eigenvalue weighted by Crippen LogP contribution is 2.12. The van der Waals surface area contributed by atoms with E-state index in [4.69, 9.17) is 4.42 Å². The number of H-pyrrole nitrogens is 1. The Morgan fingerprint density at radius 2 is 2.05 bits per heavy atom.